The van der Waals surface area contributed by atoms with Crippen molar-refractivity contribution in [3.8, 4) is 0 Å². The third-order valence-corrected chi connectivity index (χ3v) is 5.35. The van der Waals surface area contributed by atoms with Gasteiger partial charge in [-0.2, -0.15) is 0 Å². The Morgan fingerprint density at radius 1 is 0.964 bits per heavy atom. The highest BCUT2D eigenvalue weighted by Gasteiger charge is 2.27. The molecule has 1 aliphatic rings. The fourth-order valence-electron chi connectivity index (χ4n) is 3.68. The van der Waals surface area contributed by atoms with Crippen molar-refractivity contribution >= 4 is 17.4 Å². The molecule has 1 aromatic heterocycles. The van der Waals surface area contributed by atoms with Crippen molar-refractivity contribution in [3.63, 3.8) is 0 Å². The number of pyridine rings is 1. The van der Waals surface area contributed by atoms with E-state index in [9.17, 15) is 4.79 Å². The predicted molar refractivity (Wildman–Crippen MR) is 114 cm³/mol. The average Bonchev–Trinajstić information content (AvgIpc) is 2.71. The maximum Gasteiger partial charge on any atom is 0.231 e. The van der Waals surface area contributed by atoms with E-state index in [0.717, 1.165) is 35.7 Å². The number of fused-ring (bicyclic) bond motifs is 1. The Labute approximate surface area is 166 Å². The summed E-state index contributed by atoms with van der Waals surface area (Å²) in [5.74, 6) is 1.01. The van der Waals surface area contributed by atoms with Crippen molar-refractivity contribution in [2.75, 3.05) is 22.9 Å². The van der Waals surface area contributed by atoms with Crippen molar-refractivity contribution < 1.29 is 4.79 Å². The highest BCUT2D eigenvalue weighted by molar-refractivity contribution is 5.98. The van der Waals surface area contributed by atoms with Crippen LogP contribution in [0.4, 0.5) is 11.5 Å². The minimum absolute atomic E-state index is 0.124. The van der Waals surface area contributed by atoms with Crippen LogP contribution in [-0.2, 0) is 17.8 Å². The van der Waals surface area contributed by atoms with Crippen LogP contribution in [0.25, 0.3) is 0 Å². The SMILES string of the molecule is Cc1ccc(CN2CCN(C(=O)Cc3ccccc3C)c3cccnc32)cc1. The molecule has 0 unspecified atom stereocenters. The van der Waals surface area contributed by atoms with E-state index in [-0.39, 0.29) is 5.91 Å². The molecular weight excluding hydrogens is 346 g/mol. The Morgan fingerprint density at radius 2 is 1.75 bits per heavy atom. The van der Waals surface area contributed by atoms with Crippen molar-refractivity contribution in [2.24, 2.45) is 0 Å². The fourth-order valence-corrected chi connectivity index (χ4v) is 3.68. The maximum atomic E-state index is 13.1. The molecule has 0 N–H and O–H groups in total. The monoisotopic (exact) mass is 371 g/mol. The minimum atomic E-state index is 0.124. The van der Waals surface area contributed by atoms with Crippen LogP contribution in [0.2, 0.25) is 0 Å². The Bertz CT molecular complexity index is 981. The van der Waals surface area contributed by atoms with Gasteiger partial charge in [0.1, 0.15) is 0 Å². The molecule has 0 bridgehead atoms. The quantitative estimate of drug-likeness (QED) is 0.686. The molecule has 1 aliphatic heterocycles. The fraction of sp³-hybridized carbons (Fsp3) is 0.250. The minimum Gasteiger partial charge on any atom is -0.349 e. The Kier molecular flexibility index (Phi) is 5.11. The molecule has 3 aromatic rings. The van der Waals surface area contributed by atoms with Crippen LogP contribution in [0, 0.1) is 13.8 Å². The lowest BCUT2D eigenvalue weighted by atomic mass is 10.0. The summed E-state index contributed by atoms with van der Waals surface area (Å²) in [5, 5.41) is 0. The molecule has 4 rings (SSSR count). The summed E-state index contributed by atoms with van der Waals surface area (Å²) in [7, 11) is 0. The first-order chi connectivity index (χ1) is 13.6. The Balaban J connectivity index is 1.56. The van der Waals surface area contributed by atoms with Crippen LogP contribution in [0.1, 0.15) is 22.3 Å². The van der Waals surface area contributed by atoms with Gasteiger partial charge in [0.15, 0.2) is 5.82 Å². The van der Waals surface area contributed by atoms with Gasteiger partial charge in [0.2, 0.25) is 5.91 Å². The number of amides is 1. The summed E-state index contributed by atoms with van der Waals surface area (Å²) < 4.78 is 0. The van der Waals surface area contributed by atoms with Gasteiger partial charge >= 0.3 is 0 Å². The first-order valence-electron chi connectivity index (χ1n) is 9.72. The normalized spacial score (nSPS) is 13.4. The van der Waals surface area contributed by atoms with Gasteiger partial charge in [-0.05, 0) is 42.7 Å². The molecule has 0 fully saturated rings. The zero-order valence-electron chi connectivity index (χ0n) is 16.4. The first-order valence-corrected chi connectivity index (χ1v) is 9.72. The molecule has 142 valence electrons. The number of anilines is 2. The lowest BCUT2D eigenvalue weighted by molar-refractivity contribution is -0.118. The number of carbonyl (C=O) groups is 1. The summed E-state index contributed by atoms with van der Waals surface area (Å²) in [6.45, 7) is 6.40. The van der Waals surface area contributed by atoms with E-state index < -0.39 is 0 Å². The number of carbonyl (C=O) groups excluding carboxylic acids is 1. The molecule has 0 spiro atoms. The summed E-state index contributed by atoms with van der Waals surface area (Å²) in [4.78, 5) is 21.8. The van der Waals surface area contributed by atoms with E-state index in [0.29, 0.717) is 13.0 Å². The van der Waals surface area contributed by atoms with Gasteiger partial charge in [0.05, 0.1) is 12.1 Å². The zero-order valence-corrected chi connectivity index (χ0v) is 16.4. The molecule has 2 heterocycles. The number of rotatable bonds is 4. The molecule has 4 nitrogen and oxygen atoms in total. The summed E-state index contributed by atoms with van der Waals surface area (Å²) >= 11 is 0. The number of nitrogens with zero attached hydrogens (tertiary/aromatic N) is 3. The molecule has 0 radical (unpaired) electrons. The van der Waals surface area contributed by atoms with Gasteiger partial charge in [-0.3, -0.25) is 4.79 Å². The van der Waals surface area contributed by atoms with Crippen molar-refractivity contribution in [3.05, 3.63) is 89.1 Å². The van der Waals surface area contributed by atoms with Gasteiger partial charge in [-0.15, -0.1) is 0 Å². The van der Waals surface area contributed by atoms with Crippen LogP contribution in [0.3, 0.4) is 0 Å². The van der Waals surface area contributed by atoms with Crippen LogP contribution in [0.5, 0.6) is 0 Å². The lowest BCUT2D eigenvalue weighted by Crippen LogP contribution is -2.45. The molecule has 0 atom stereocenters. The molecule has 28 heavy (non-hydrogen) atoms. The van der Waals surface area contributed by atoms with E-state index >= 15 is 0 Å². The Hall–Kier alpha value is -3.14. The highest BCUT2D eigenvalue weighted by atomic mass is 16.2. The molecular formula is C24H25N3O. The van der Waals surface area contributed by atoms with Crippen molar-refractivity contribution in [1.82, 2.24) is 4.98 Å². The van der Waals surface area contributed by atoms with Gasteiger partial charge < -0.3 is 9.80 Å². The van der Waals surface area contributed by atoms with Crippen LogP contribution >= 0.6 is 0 Å². The van der Waals surface area contributed by atoms with E-state index in [1.54, 1.807) is 6.20 Å². The topological polar surface area (TPSA) is 36.4 Å². The molecule has 4 heteroatoms. The molecule has 0 saturated carbocycles. The molecule has 2 aromatic carbocycles. The molecule has 1 amide bonds. The average molecular weight is 371 g/mol. The first kappa shape index (κ1) is 18.2. The van der Waals surface area contributed by atoms with Gasteiger partial charge in [-0.25, -0.2) is 4.98 Å². The second kappa shape index (κ2) is 7.85. The highest BCUT2D eigenvalue weighted by Crippen LogP contribution is 2.32. The van der Waals surface area contributed by atoms with Gasteiger partial charge in [0, 0.05) is 25.8 Å². The third-order valence-electron chi connectivity index (χ3n) is 5.35. The smallest absolute Gasteiger partial charge is 0.231 e. The zero-order chi connectivity index (χ0) is 19.5. The second-order valence-corrected chi connectivity index (χ2v) is 7.40. The summed E-state index contributed by atoms with van der Waals surface area (Å²) in [5.41, 5.74) is 5.65. The largest absolute Gasteiger partial charge is 0.349 e. The number of aromatic nitrogens is 1. The molecule has 0 saturated heterocycles. The standard InChI is InChI=1S/C24H25N3O/c1-18-9-11-20(12-10-18)17-26-14-15-27(22-8-5-13-25-24(22)26)23(28)16-21-7-4-3-6-19(21)2/h3-13H,14-17H2,1-2H3. The lowest BCUT2D eigenvalue weighted by Gasteiger charge is -2.36. The van der Waals surface area contributed by atoms with Crippen LogP contribution < -0.4 is 9.80 Å². The van der Waals surface area contributed by atoms with Crippen LogP contribution in [0.15, 0.2) is 66.9 Å². The maximum absolute atomic E-state index is 13.1. The Morgan fingerprint density at radius 3 is 2.54 bits per heavy atom. The van der Waals surface area contributed by atoms with Gasteiger partial charge in [0.25, 0.3) is 0 Å². The summed E-state index contributed by atoms with van der Waals surface area (Å²) in [6.07, 6.45) is 2.22. The second-order valence-electron chi connectivity index (χ2n) is 7.40. The predicted octanol–water partition coefficient (Wildman–Crippen LogP) is 4.29. The van der Waals surface area contributed by atoms with Crippen molar-refractivity contribution in [1.29, 1.82) is 0 Å². The number of hydrogen-bond acceptors (Lipinski definition) is 3. The van der Waals surface area contributed by atoms with E-state index in [4.69, 9.17) is 0 Å². The summed E-state index contributed by atoms with van der Waals surface area (Å²) in [6, 6.07) is 20.6. The number of benzene rings is 2. The van der Waals surface area contributed by atoms with Crippen molar-refractivity contribution in [2.45, 2.75) is 26.8 Å². The number of hydrogen-bond donors (Lipinski definition) is 0. The van der Waals surface area contributed by atoms with Gasteiger partial charge in [-0.1, -0.05) is 54.1 Å². The van der Waals surface area contributed by atoms with E-state index in [1.165, 1.54) is 11.1 Å². The number of aryl methyl sites for hydroxylation is 2. The third kappa shape index (κ3) is 3.77. The van der Waals surface area contributed by atoms with E-state index in [1.807, 2.05) is 35.2 Å². The van der Waals surface area contributed by atoms with Crippen LogP contribution in [-0.4, -0.2) is 24.0 Å². The van der Waals surface area contributed by atoms with E-state index in [2.05, 4.69) is 54.1 Å². The molecule has 0 aliphatic carbocycles.